The average Bonchev–Trinajstić information content (AvgIpc) is 2.07. The normalized spacial score (nSPS) is 10.4. The maximum Gasteiger partial charge on any atom is 0.201 e. The smallest absolute Gasteiger partial charge is 0.201 e. The average molecular weight is 139 g/mol. The van der Waals surface area contributed by atoms with Crippen molar-refractivity contribution in [1.29, 1.82) is 5.41 Å². The highest BCUT2D eigenvalue weighted by Gasteiger charge is 2.02. The van der Waals surface area contributed by atoms with Crippen LogP contribution in [0.5, 0.6) is 0 Å². The first-order valence-electron chi connectivity index (χ1n) is 3.29. The first-order chi connectivity index (χ1) is 4.55. The lowest BCUT2D eigenvalue weighted by atomic mass is 10.4. The molecule has 0 bridgehead atoms. The number of nitrogens with zero attached hydrogens (tertiary/aromatic N) is 2. The molecule has 3 nitrogen and oxygen atoms in total. The summed E-state index contributed by atoms with van der Waals surface area (Å²) in [6, 6.07) is 0. The zero-order valence-electron chi connectivity index (χ0n) is 6.89. The van der Waals surface area contributed by atoms with Gasteiger partial charge in [0.2, 0.25) is 5.62 Å². The quantitative estimate of drug-likeness (QED) is 0.542. The maximum absolute atomic E-state index is 7.53. The monoisotopic (exact) mass is 139 g/mol. The highest BCUT2D eigenvalue weighted by atomic mass is 15.2. The summed E-state index contributed by atoms with van der Waals surface area (Å²) in [5.74, 6) is 0. The van der Waals surface area contributed by atoms with Crippen molar-refractivity contribution in [3.8, 4) is 0 Å². The van der Waals surface area contributed by atoms with Crippen molar-refractivity contribution in [1.82, 2.24) is 9.13 Å². The number of nitrogens with one attached hydrogen (secondary N) is 1. The van der Waals surface area contributed by atoms with Crippen molar-refractivity contribution in [2.24, 2.45) is 14.1 Å². The molecule has 0 atom stereocenters. The van der Waals surface area contributed by atoms with Crippen LogP contribution in [0.1, 0.15) is 11.4 Å². The van der Waals surface area contributed by atoms with Crippen LogP contribution in [-0.2, 0) is 14.1 Å². The fourth-order valence-corrected chi connectivity index (χ4v) is 1.03. The lowest BCUT2D eigenvalue weighted by Crippen LogP contribution is -2.20. The zero-order valence-corrected chi connectivity index (χ0v) is 6.89. The Morgan fingerprint density at radius 1 is 1.00 bits per heavy atom. The number of hydrogen-bond acceptors (Lipinski definition) is 1. The Bertz CT molecular complexity index is 275. The standard InChI is InChI=1S/C7H13N3/c1-5-6(2)10(4)7(8)9(5)3/h8H,1-4H3. The van der Waals surface area contributed by atoms with Gasteiger partial charge in [-0.05, 0) is 13.8 Å². The third kappa shape index (κ3) is 0.701. The van der Waals surface area contributed by atoms with Crippen LogP contribution in [0.15, 0.2) is 0 Å². The summed E-state index contributed by atoms with van der Waals surface area (Å²) in [4.78, 5) is 0. The van der Waals surface area contributed by atoms with Gasteiger partial charge in [0.15, 0.2) is 0 Å². The molecule has 0 aliphatic heterocycles. The van der Waals surface area contributed by atoms with E-state index in [0.29, 0.717) is 5.62 Å². The van der Waals surface area contributed by atoms with E-state index in [4.69, 9.17) is 5.41 Å². The van der Waals surface area contributed by atoms with Gasteiger partial charge in [-0.25, -0.2) is 0 Å². The van der Waals surface area contributed by atoms with Crippen LogP contribution in [-0.4, -0.2) is 9.13 Å². The van der Waals surface area contributed by atoms with Gasteiger partial charge in [0, 0.05) is 25.5 Å². The summed E-state index contributed by atoms with van der Waals surface area (Å²) in [5, 5.41) is 7.53. The molecule has 10 heavy (non-hydrogen) atoms. The molecule has 0 aromatic carbocycles. The molecule has 0 saturated carbocycles. The molecule has 0 aliphatic rings. The fraction of sp³-hybridized carbons (Fsp3) is 0.571. The van der Waals surface area contributed by atoms with Crippen molar-refractivity contribution < 1.29 is 0 Å². The van der Waals surface area contributed by atoms with E-state index in [0.717, 1.165) is 11.4 Å². The van der Waals surface area contributed by atoms with Gasteiger partial charge in [-0.2, -0.15) is 0 Å². The van der Waals surface area contributed by atoms with E-state index in [9.17, 15) is 0 Å². The van der Waals surface area contributed by atoms with E-state index in [1.807, 2.05) is 37.1 Å². The first-order valence-corrected chi connectivity index (χ1v) is 3.29. The molecule has 0 radical (unpaired) electrons. The second-order valence-electron chi connectivity index (χ2n) is 2.61. The zero-order chi connectivity index (χ0) is 7.89. The number of aromatic nitrogens is 2. The van der Waals surface area contributed by atoms with Gasteiger partial charge in [0.25, 0.3) is 0 Å². The highest BCUT2D eigenvalue weighted by Crippen LogP contribution is 1.99. The molecular formula is C7H13N3. The minimum atomic E-state index is 0.551. The summed E-state index contributed by atoms with van der Waals surface area (Å²) < 4.78 is 3.74. The van der Waals surface area contributed by atoms with Crippen molar-refractivity contribution in [3.05, 3.63) is 17.0 Å². The summed E-state index contributed by atoms with van der Waals surface area (Å²) in [7, 11) is 3.81. The first kappa shape index (κ1) is 7.12. The summed E-state index contributed by atoms with van der Waals surface area (Å²) in [6.07, 6.45) is 0. The lowest BCUT2D eigenvalue weighted by molar-refractivity contribution is 0.711. The van der Waals surface area contributed by atoms with Gasteiger partial charge >= 0.3 is 0 Å². The topological polar surface area (TPSA) is 33.7 Å². The maximum atomic E-state index is 7.53. The van der Waals surface area contributed by atoms with Gasteiger partial charge in [-0.3, -0.25) is 5.41 Å². The van der Waals surface area contributed by atoms with E-state index in [2.05, 4.69) is 0 Å². The van der Waals surface area contributed by atoms with E-state index >= 15 is 0 Å². The molecule has 56 valence electrons. The van der Waals surface area contributed by atoms with Crippen LogP contribution >= 0.6 is 0 Å². The van der Waals surface area contributed by atoms with Gasteiger partial charge in [0.1, 0.15) is 0 Å². The second kappa shape index (κ2) is 2.01. The Hall–Kier alpha value is -0.990. The Kier molecular flexibility index (Phi) is 1.43. The van der Waals surface area contributed by atoms with Crippen LogP contribution in [0.2, 0.25) is 0 Å². The molecule has 1 aromatic heterocycles. The third-order valence-corrected chi connectivity index (χ3v) is 2.17. The van der Waals surface area contributed by atoms with Crippen LogP contribution in [0, 0.1) is 19.3 Å². The van der Waals surface area contributed by atoms with Crippen LogP contribution in [0.25, 0.3) is 0 Å². The molecule has 1 N–H and O–H groups in total. The van der Waals surface area contributed by atoms with Crippen LogP contribution in [0.3, 0.4) is 0 Å². The number of hydrogen-bond donors (Lipinski definition) is 1. The minimum absolute atomic E-state index is 0.551. The molecule has 0 spiro atoms. The van der Waals surface area contributed by atoms with E-state index in [-0.39, 0.29) is 0 Å². The van der Waals surface area contributed by atoms with E-state index in [1.165, 1.54) is 0 Å². The van der Waals surface area contributed by atoms with Crippen molar-refractivity contribution in [3.63, 3.8) is 0 Å². The fourth-order valence-electron chi connectivity index (χ4n) is 1.03. The minimum Gasteiger partial charge on any atom is -0.318 e. The van der Waals surface area contributed by atoms with Crippen molar-refractivity contribution in [2.75, 3.05) is 0 Å². The van der Waals surface area contributed by atoms with Crippen LogP contribution in [0.4, 0.5) is 0 Å². The number of imidazole rings is 1. The number of rotatable bonds is 0. The predicted octanol–water partition coefficient (Wildman–Crippen LogP) is 0.460. The summed E-state index contributed by atoms with van der Waals surface area (Å²) in [5.41, 5.74) is 2.87. The highest BCUT2D eigenvalue weighted by molar-refractivity contribution is 5.09. The molecule has 0 aliphatic carbocycles. The molecule has 0 unspecified atom stereocenters. The third-order valence-electron chi connectivity index (χ3n) is 2.17. The predicted molar refractivity (Wildman–Crippen MR) is 39.7 cm³/mol. The molecule has 3 heteroatoms. The van der Waals surface area contributed by atoms with Crippen molar-refractivity contribution in [2.45, 2.75) is 13.8 Å². The van der Waals surface area contributed by atoms with Gasteiger partial charge in [-0.1, -0.05) is 0 Å². The molecule has 1 rings (SSSR count). The SMILES string of the molecule is Cc1c(C)n(C)c(=N)n1C. The lowest BCUT2D eigenvalue weighted by Gasteiger charge is -1.92. The Morgan fingerprint density at radius 2 is 1.30 bits per heavy atom. The molecule has 0 saturated heterocycles. The Labute approximate surface area is 60.4 Å². The largest absolute Gasteiger partial charge is 0.318 e. The summed E-state index contributed by atoms with van der Waals surface area (Å²) in [6.45, 7) is 4.04. The summed E-state index contributed by atoms with van der Waals surface area (Å²) >= 11 is 0. The molecule has 0 fully saturated rings. The molecular weight excluding hydrogens is 126 g/mol. The Balaban J connectivity index is 3.60. The van der Waals surface area contributed by atoms with Gasteiger partial charge in [-0.15, -0.1) is 0 Å². The van der Waals surface area contributed by atoms with Gasteiger partial charge in [0.05, 0.1) is 0 Å². The second-order valence-corrected chi connectivity index (χ2v) is 2.61. The molecule has 1 heterocycles. The van der Waals surface area contributed by atoms with Crippen LogP contribution < -0.4 is 5.62 Å². The van der Waals surface area contributed by atoms with Gasteiger partial charge < -0.3 is 9.13 Å². The molecule has 0 amide bonds. The molecule has 1 aromatic rings. The Morgan fingerprint density at radius 3 is 1.40 bits per heavy atom. The van der Waals surface area contributed by atoms with E-state index < -0.39 is 0 Å². The van der Waals surface area contributed by atoms with Crippen molar-refractivity contribution >= 4 is 0 Å². The van der Waals surface area contributed by atoms with E-state index in [1.54, 1.807) is 0 Å².